The summed E-state index contributed by atoms with van der Waals surface area (Å²) in [5, 5.41) is 0.341. The number of amides is 1. The fourth-order valence-electron chi connectivity index (χ4n) is 2.13. The van der Waals surface area contributed by atoms with E-state index in [-0.39, 0.29) is 12.1 Å². The van der Waals surface area contributed by atoms with Crippen LogP contribution in [-0.4, -0.2) is 33.1 Å². The molecule has 1 aromatic heterocycles. The first-order valence-electron chi connectivity index (χ1n) is 6.34. The van der Waals surface area contributed by atoms with Gasteiger partial charge in [0.25, 0.3) is 0 Å². The van der Waals surface area contributed by atoms with Crippen molar-refractivity contribution in [1.82, 2.24) is 14.9 Å². The van der Waals surface area contributed by atoms with E-state index in [1.54, 1.807) is 11.1 Å². The molecule has 0 N–H and O–H groups in total. The minimum Gasteiger partial charge on any atom is -0.444 e. The van der Waals surface area contributed by atoms with Gasteiger partial charge >= 0.3 is 6.09 Å². The van der Waals surface area contributed by atoms with Crippen LogP contribution >= 0.6 is 11.6 Å². The largest absolute Gasteiger partial charge is 0.444 e. The number of hydrogen-bond donors (Lipinski definition) is 0. The average molecular weight is 284 g/mol. The molecule has 0 unspecified atom stereocenters. The third kappa shape index (κ3) is 3.56. The Morgan fingerprint density at radius 3 is 2.84 bits per heavy atom. The lowest BCUT2D eigenvalue weighted by Gasteiger charge is -2.28. The SMILES string of the molecule is CC(C)(C)OC(=O)N1CCC[C@H]1c1cncc(Cl)n1. The topological polar surface area (TPSA) is 55.3 Å². The van der Waals surface area contributed by atoms with Gasteiger partial charge in [-0.05, 0) is 33.6 Å². The van der Waals surface area contributed by atoms with Gasteiger partial charge in [0.2, 0.25) is 0 Å². The van der Waals surface area contributed by atoms with E-state index in [0.717, 1.165) is 18.5 Å². The van der Waals surface area contributed by atoms with Crippen molar-refractivity contribution in [3.05, 3.63) is 23.2 Å². The Morgan fingerprint density at radius 2 is 2.21 bits per heavy atom. The first-order chi connectivity index (χ1) is 8.87. The predicted molar refractivity (Wildman–Crippen MR) is 72.0 cm³/mol. The average Bonchev–Trinajstić information content (AvgIpc) is 2.75. The van der Waals surface area contributed by atoms with Gasteiger partial charge in [0.1, 0.15) is 10.8 Å². The van der Waals surface area contributed by atoms with E-state index >= 15 is 0 Å². The van der Waals surface area contributed by atoms with Crippen molar-refractivity contribution >= 4 is 17.7 Å². The third-order valence-electron chi connectivity index (χ3n) is 2.85. The minimum atomic E-state index is -0.496. The molecule has 1 aromatic rings. The molecule has 0 saturated carbocycles. The molecule has 0 radical (unpaired) electrons. The summed E-state index contributed by atoms with van der Waals surface area (Å²) >= 11 is 5.85. The highest BCUT2D eigenvalue weighted by Gasteiger charge is 2.34. The van der Waals surface area contributed by atoms with Crippen LogP contribution < -0.4 is 0 Å². The second kappa shape index (κ2) is 5.33. The minimum absolute atomic E-state index is 0.0963. The number of hydrogen-bond acceptors (Lipinski definition) is 4. The Balaban J connectivity index is 2.15. The predicted octanol–water partition coefficient (Wildman–Crippen LogP) is 3.20. The number of ether oxygens (including phenoxy) is 1. The molecule has 1 amide bonds. The van der Waals surface area contributed by atoms with Crippen molar-refractivity contribution in [1.29, 1.82) is 0 Å². The maximum Gasteiger partial charge on any atom is 0.410 e. The van der Waals surface area contributed by atoms with Gasteiger partial charge in [0, 0.05) is 6.54 Å². The van der Waals surface area contributed by atoms with E-state index in [0.29, 0.717) is 11.7 Å². The molecule has 1 aliphatic heterocycles. The second-order valence-electron chi connectivity index (χ2n) is 5.60. The van der Waals surface area contributed by atoms with Crippen LogP contribution in [0.1, 0.15) is 45.3 Å². The number of nitrogens with zero attached hydrogens (tertiary/aromatic N) is 3. The van der Waals surface area contributed by atoms with Gasteiger partial charge in [-0.2, -0.15) is 0 Å². The number of likely N-dealkylation sites (tertiary alicyclic amines) is 1. The van der Waals surface area contributed by atoms with Crippen LogP contribution in [0, 0.1) is 0 Å². The summed E-state index contributed by atoms with van der Waals surface area (Å²) < 4.78 is 5.41. The van der Waals surface area contributed by atoms with E-state index in [1.165, 1.54) is 6.20 Å². The molecular formula is C13H18ClN3O2. The van der Waals surface area contributed by atoms with Crippen molar-refractivity contribution < 1.29 is 9.53 Å². The Labute approximate surface area is 117 Å². The molecule has 1 saturated heterocycles. The zero-order valence-corrected chi connectivity index (χ0v) is 12.1. The molecule has 0 bridgehead atoms. The molecule has 1 fully saturated rings. The first kappa shape index (κ1) is 14.1. The summed E-state index contributed by atoms with van der Waals surface area (Å²) in [4.78, 5) is 22.1. The van der Waals surface area contributed by atoms with Gasteiger partial charge in [0.05, 0.1) is 24.1 Å². The highest BCUT2D eigenvalue weighted by Crippen LogP contribution is 2.32. The zero-order valence-electron chi connectivity index (χ0n) is 11.4. The van der Waals surface area contributed by atoms with Gasteiger partial charge < -0.3 is 4.74 Å². The van der Waals surface area contributed by atoms with Crippen molar-refractivity contribution in [3.8, 4) is 0 Å². The maximum absolute atomic E-state index is 12.2. The second-order valence-corrected chi connectivity index (χ2v) is 5.99. The lowest BCUT2D eigenvalue weighted by atomic mass is 10.1. The van der Waals surface area contributed by atoms with Crippen molar-refractivity contribution in [2.45, 2.75) is 45.3 Å². The summed E-state index contributed by atoms with van der Waals surface area (Å²) in [5.41, 5.74) is 0.223. The molecule has 1 aliphatic rings. The summed E-state index contributed by atoms with van der Waals surface area (Å²) in [6, 6.07) is -0.0963. The van der Waals surface area contributed by atoms with E-state index in [9.17, 15) is 4.79 Å². The fraction of sp³-hybridized carbons (Fsp3) is 0.615. The summed E-state index contributed by atoms with van der Waals surface area (Å²) in [5.74, 6) is 0. The molecule has 1 atom stereocenters. The van der Waals surface area contributed by atoms with Gasteiger partial charge in [-0.25, -0.2) is 9.78 Å². The number of aromatic nitrogens is 2. The van der Waals surface area contributed by atoms with E-state index in [4.69, 9.17) is 16.3 Å². The monoisotopic (exact) mass is 283 g/mol. The molecule has 19 heavy (non-hydrogen) atoms. The van der Waals surface area contributed by atoms with Crippen LogP contribution in [0.15, 0.2) is 12.4 Å². The van der Waals surface area contributed by atoms with Gasteiger partial charge in [-0.3, -0.25) is 9.88 Å². The van der Waals surface area contributed by atoms with Gasteiger partial charge in [0.15, 0.2) is 0 Å². The Hall–Kier alpha value is -1.36. The smallest absolute Gasteiger partial charge is 0.410 e. The van der Waals surface area contributed by atoms with Crippen molar-refractivity contribution in [3.63, 3.8) is 0 Å². The number of carbonyl (C=O) groups is 1. The molecule has 5 nitrogen and oxygen atoms in total. The normalized spacial score (nSPS) is 19.6. The Morgan fingerprint density at radius 1 is 1.47 bits per heavy atom. The molecular weight excluding hydrogens is 266 g/mol. The van der Waals surface area contributed by atoms with Crippen LogP contribution in [0.25, 0.3) is 0 Å². The van der Waals surface area contributed by atoms with E-state index in [2.05, 4.69) is 9.97 Å². The molecule has 0 spiro atoms. The lowest BCUT2D eigenvalue weighted by molar-refractivity contribution is 0.0221. The van der Waals surface area contributed by atoms with Crippen LogP contribution in [0.3, 0.4) is 0 Å². The fourth-order valence-corrected chi connectivity index (χ4v) is 2.28. The number of carbonyl (C=O) groups excluding carboxylic acids is 1. The van der Waals surface area contributed by atoms with Crippen molar-refractivity contribution in [2.75, 3.05) is 6.54 Å². The number of halogens is 1. The van der Waals surface area contributed by atoms with Crippen molar-refractivity contribution in [2.24, 2.45) is 0 Å². The highest BCUT2D eigenvalue weighted by atomic mass is 35.5. The first-order valence-corrected chi connectivity index (χ1v) is 6.72. The van der Waals surface area contributed by atoms with E-state index in [1.807, 2.05) is 20.8 Å². The van der Waals surface area contributed by atoms with Crippen LogP contribution in [-0.2, 0) is 4.74 Å². The molecule has 0 aromatic carbocycles. The standard InChI is InChI=1S/C13H18ClN3O2/c1-13(2,3)19-12(18)17-6-4-5-10(17)9-7-15-8-11(14)16-9/h7-8,10H,4-6H2,1-3H3/t10-/m0/s1. The maximum atomic E-state index is 12.2. The lowest BCUT2D eigenvalue weighted by Crippen LogP contribution is -2.36. The summed E-state index contributed by atoms with van der Waals surface area (Å²) in [6.07, 6.45) is 4.61. The third-order valence-corrected chi connectivity index (χ3v) is 3.03. The molecule has 2 rings (SSSR count). The summed E-state index contributed by atoms with van der Waals surface area (Å²) in [6.45, 7) is 6.24. The molecule has 6 heteroatoms. The van der Waals surface area contributed by atoms with Crippen LogP contribution in [0.5, 0.6) is 0 Å². The Kier molecular flexibility index (Phi) is 3.94. The summed E-state index contributed by atoms with van der Waals surface area (Å²) in [7, 11) is 0. The van der Waals surface area contributed by atoms with Gasteiger partial charge in [-0.15, -0.1) is 0 Å². The molecule has 2 heterocycles. The zero-order chi connectivity index (χ0) is 14.0. The number of rotatable bonds is 1. The van der Waals surface area contributed by atoms with Crippen LogP contribution in [0.4, 0.5) is 4.79 Å². The quantitative estimate of drug-likeness (QED) is 0.794. The Bertz CT molecular complexity index is 473. The molecule has 0 aliphatic carbocycles. The molecule has 104 valence electrons. The highest BCUT2D eigenvalue weighted by molar-refractivity contribution is 6.29. The van der Waals surface area contributed by atoms with Crippen LogP contribution in [0.2, 0.25) is 5.15 Å². The van der Waals surface area contributed by atoms with E-state index < -0.39 is 5.60 Å². The van der Waals surface area contributed by atoms with Gasteiger partial charge in [-0.1, -0.05) is 11.6 Å².